The van der Waals surface area contributed by atoms with Gasteiger partial charge in [-0.05, 0) is 20.8 Å². The molecular weight excluding hydrogens is 287 g/mol. The summed E-state index contributed by atoms with van der Waals surface area (Å²) in [5, 5.41) is 0. The standard InChI is InChI=1S/C11H18O4.Zr/c1-10(2,3)7(12)8(13)15-9(14)11(4,5)6;/h1-6H3;. The molecule has 0 aliphatic carbocycles. The second kappa shape index (κ2) is 5.85. The van der Waals surface area contributed by atoms with Crippen LogP contribution in [0, 0.1) is 10.8 Å². The van der Waals surface area contributed by atoms with E-state index in [0.717, 1.165) is 0 Å². The fraction of sp³-hybridized carbons (Fsp3) is 0.727. The van der Waals surface area contributed by atoms with Gasteiger partial charge in [0.2, 0.25) is 5.78 Å². The van der Waals surface area contributed by atoms with Gasteiger partial charge in [-0.2, -0.15) is 0 Å². The maximum absolute atomic E-state index is 11.4. The number of ether oxygens (including phenoxy) is 1. The molecule has 0 aliphatic rings. The van der Waals surface area contributed by atoms with Crippen LogP contribution in [-0.2, 0) is 45.3 Å². The number of rotatable bonds is 1. The SMILES string of the molecule is CC(C)(C)C(=O)OC(=O)C(=O)C(C)(C)C.[Zr]. The minimum absolute atomic E-state index is 0. The molecule has 0 heterocycles. The summed E-state index contributed by atoms with van der Waals surface area (Å²) in [4.78, 5) is 34.0. The molecule has 0 N–H and O–H groups in total. The topological polar surface area (TPSA) is 60.4 Å². The molecule has 5 heteroatoms. The molecule has 4 nitrogen and oxygen atoms in total. The van der Waals surface area contributed by atoms with Crippen LogP contribution in [-0.4, -0.2) is 17.7 Å². The zero-order valence-electron chi connectivity index (χ0n) is 10.6. The van der Waals surface area contributed by atoms with Gasteiger partial charge >= 0.3 is 11.9 Å². The molecule has 0 aromatic rings. The molecule has 0 unspecified atom stereocenters. The Hall–Kier alpha value is -0.307. The van der Waals surface area contributed by atoms with E-state index in [1.54, 1.807) is 41.5 Å². The Morgan fingerprint density at radius 1 is 0.812 bits per heavy atom. The Labute approximate surface area is 115 Å². The number of carbonyl (C=O) groups excluding carboxylic acids is 3. The fourth-order valence-corrected chi connectivity index (χ4v) is 0.590. The van der Waals surface area contributed by atoms with Gasteiger partial charge in [-0.1, -0.05) is 20.8 Å². The summed E-state index contributed by atoms with van der Waals surface area (Å²) in [7, 11) is 0. The van der Waals surface area contributed by atoms with Gasteiger partial charge in [-0.15, -0.1) is 0 Å². The Morgan fingerprint density at radius 2 is 1.19 bits per heavy atom. The molecule has 0 radical (unpaired) electrons. The first-order valence-electron chi connectivity index (χ1n) is 4.77. The summed E-state index contributed by atoms with van der Waals surface area (Å²) in [5.41, 5.74) is -1.61. The molecule has 0 aliphatic heterocycles. The van der Waals surface area contributed by atoms with Crippen LogP contribution in [0.1, 0.15) is 41.5 Å². The number of hydrogen-bond acceptors (Lipinski definition) is 4. The van der Waals surface area contributed by atoms with E-state index in [4.69, 9.17) is 0 Å². The van der Waals surface area contributed by atoms with Gasteiger partial charge in [-0.25, -0.2) is 4.79 Å². The van der Waals surface area contributed by atoms with E-state index in [2.05, 4.69) is 4.74 Å². The van der Waals surface area contributed by atoms with E-state index in [1.165, 1.54) is 0 Å². The second-order valence-corrected chi connectivity index (χ2v) is 5.51. The average molecular weight is 305 g/mol. The zero-order chi connectivity index (χ0) is 12.4. The van der Waals surface area contributed by atoms with Crippen molar-refractivity contribution in [2.45, 2.75) is 41.5 Å². The van der Waals surface area contributed by atoms with Crippen LogP contribution < -0.4 is 0 Å². The second-order valence-electron chi connectivity index (χ2n) is 5.51. The van der Waals surface area contributed by atoms with Crippen molar-refractivity contribution in [1.29, 1.82) is 0 Å². The first-order valence-corrected chi connectivity index (χ1v) is 4.77. The van der Waals surface area contributed by atoms with Crippen molar-refractivity contribution in [2.75, 3.05) is 0 Å². The third kappa shape index (κ3) is 5.69. The predicted molar refractivity (Wildman–Crippen MR) is 55.0 cm³/mol. The van der Waals surface area contributed by atoms with Crippen LogP contribution in [0.25, 0.3) is 0 Å². The molecule has 16 heavy (non-hydrogen) atoms. The Kier molecular flexibility index (Phi) is 6.61. The zero-order valence-corrected chi connectivity index (χ0v) is 13.1. The molecular formula is C11H18O4Zr. The third-order valence-electron chi connectivity index (χ3n) is 1.66. The van der Waals surface area contributed by atoms with Gasteiger partial charge in [0, 0.05) is 31.6 Å². The molecule has 0 spiro atoms. The van der Waals surface area contributed by atoms with E-state index >= 15 is 0 Å². The van der Waals surface area contributed by atoms with Crippen LogP contribution >= 0.6 is 0 Å². The number of ketones is 1. The summed E-state index contributed by atoms with van der Waals surface area (Å²) in [6, 6.07) is 0. The number of carbonyl (C=O) groups is 3. The predicted octanol–water partition coefficient (Wildman–Crippen LogP) is 1.71. The molecule has 0 fully saturated rings. The van der Waals surface area contributed by atoms with E-state index in [-0.39, 0.29) is 26.2 Å². The molecule has 0 rings (SSSR count). The van der Waals surface area contributed by atoms with Crippen molar-refractivity contribution in [1.82, 2.24) is 0 Å². The van der Waals surface area contributed by atoms with E-state index in [1.807, 2.05) is 0 Å². The Morgan fingerprint density at radius 3 is 1.44 bits per heavy atom. The minimum atomic E-state index is -1.08. The van der Waals surface area contributed by atoms with E-state index < -0.39 is 28.6 Å². The molecule has 0 saturated heterocycles. The Bertz CT molecular complexity index is 294. The summed E-state index contributed by atoms with van der Waals surface area (Å²) < 4.78 is 4.48. The van der Waals surface area contributed by atoms with Crippen molar-refractivity contribution in [3.8, 4) is 0 Å². The van der Waals surface area contributed by atoms with Gasteiger partial charge in [0.25, 0.3) is 0 Å². The summed E-state index contributed by atoms with van der Waals surface area (Å²) in [5.74, 6) is -2.47. The third-order valence-corrected chi connectivity index (χ3v) is 1.66. The van der Waals surface area contributed by atoms with Gasteiger partial charge < -0.3 is 4.74 Å². The van der Waals surface area contributed by atoms with Gasteiger partial charge in [-0.3, -0.25) is 9.59 Å². The number of Topliss-reactive ketones (excluding diaryl/α,β-unsaturated/α-hetero) is 1. The fourth-order valence-electron chi connectivity index (χ4n) is 0.590. The smallest absolute Gasteiger partial charge is 0.382 e. The molecule has 0 aromatic carbocycles. The van der Waals surface area contributed by atoms with Crippen LogP contribution in [0.5, 0.6) is 0 Å². The monoisotopic (exact) mass is 304 g/mol. The van der Waals surface area contributed by atoms with E-state index in [9.17, 15) is 14.4 Å². The number of hydrogen-bond donors (Lipinski definition) is 0. The van der Waals surface area contributed by atoms with Gasteiger partial charge in [0.05, 0.1) is 5.41 Å². The van der Waals surface area contributed by atoms with Gasteiger partial charge in [0.1, 0.15) is 0 Å². The molecule has 0 atom stereocenters. The van der Waals surface area contributed by atoms with Gasteiger partial charge in [0.15, 0.2) is 0 Å². The van der Waals surface area contributed by atoms with Crippen molar-refractivity contribution < 1.29 is 45.3 Å². The normalized spacial score (nSPS) is 11.4. The van der Waals surface area contributed by atoms with Crippen LogP contribution in [0.3, 0.4) is 0 Å². The first kappa shape index (κ1) is 18.1. The van der Waals surface area contributed by atoms with Crippen molar-refractivity contribution in [3.63, 3.8) is 0 Å². The van der Waals surface area contributed by atoms with Crippen molar-refractivity contribution >= 4 is 17.7 Å². The molecule has 90 valence electrons. The quantitative estimate of drug-likeness (QED) is 0.420. The summed E-state index contributed by atoms with van der Waals surface area (Å²) >= 11 is 0. The maximum Gasteiger partial charge on any atom is 0.382 e. The molecule has 0 bridgehead atoms. The number of esters is 2. The molecule has 0 aromatic heterocycles. The van der Waals surface area contributed by atoms with E-state index in [0.29, 0.717) is 0 Å². The van der Waals surface area contributed by atoms with Crippen molar-refractivity contribution in [3.05, 3.63) is 0 Å². The Balaban J connectivity index is 0. The summed E-state index contributed by atoms with van der Waals surface area (Å²) in [6.45, 7) is 9.63. The minimum Gasteiger partial charge on any atom is -0.387 e. The largest absolute Gasteiger partial charge is 0.387 e. The maximum atomic E-state index is 11.4. The summed E-state index contributed by atoms with van der Waals surface area (Å²) in [6.07, 6.45) is 0. The first-order chi connectivity index (χ1) is 6.46. The average Bonchev–Trinajstić information content (AvgIpc) is 1.99. The molecule has 0 amide bonds. The molecule has 0 saturated carbocycles. The van der Waals surface area contributed by atoms with Crippen LogP contribution in [0.15, 0.2) is 0 Å². The van der Waals surface area contributed by atoms with Crippen LogP contribution in [0.4, 0.5) is 0 Å². The van der Waals surface area contributed by atoms with Crippen LogP contribution in [0.2, 0.25) is 0 Å². The van der Waals surface area contributed by atoms with Crippen molar-refractivity contribution in [2.24, 2.45) is 10.8 Å².